The highest BCUT2D eigenvalue weighted by molar-refractivity contribution is 5.75. The van der Waals surface area contributed by atoms with Crippen molar-refractivity contribution in [3.63, 3.8) is 0 Å². The second-order valence-corrected chi connectivity index (χ2v) is 6.27. The summed E-state index contributed by atoms with van der Waals surface area (Å²) in [7, 11) is 0. The third kappa shape index (κ3) is 3.92. The van der Waals surface area contributed by atoms with Crippen LogP contribution in [0.2, 0.25) is 0 Å². The largest absolute Gasteiger partial charge is 0.366 e. The Morgan fingerprint density at radius 1 is 0.962 bits per heavy atom. The molecule has 1 atom stereocenters. The number of nitrogens with one attached hydrogen (secondary N) is 1. The highest BCUT2D eigenvalue weighted by atomic mass is 19.2. The Morgan fingerprint density at radius 2 is 1.65 bits per heavy atom. The molecule has 0 unspecified atom stereocenters. The molecule has 0 spiro atoms. The normalized spacial score (nSPS) is 15.7. The van der Waals surface area contributed by atoms with E-state index in [0.717, 1.165) is 12.1 Å². The molecule has 0 saturated carbocycles. The van der Waals surface area contributed by atoms with Crippen molar-refractivity contribution in [2.24, 2.45) is 0 Å². The first-order chi connectivity index (χ1) is 12.5. The number of para-hydroxylation sites is 1. The summed E-state index contributed by atoms with van der Waals surface area (Å²) in [4.78, 5) is 15.9. The lowest BCUT2D eigenvalue weighted by atomic mass is 10.1. The smallest absolute Gasteiger partial charge is 0.317 e. The van der Waals surface area contributed by atoms with Gasteiger partial charge in [0.2, 0.25) is 0 Å². The van der Waals surface area contributed by atoms with Gasteiger partial charge in [0.05, 0.1) is 11.7 Å². The van der Waals surface area contributed by atoms with Crippen LogP contribution in [0.1, 0.15) is 18.5 Å². The number of urea groups is 1. The van der Waals surface area contributed by atoms with Gasteiger partial charge in [-0.2, -0.15) is 0 Å². The number of anilines is 1. The summed E-state index contributed by atoms with van der Waals surface area (Å²) in [5, 5.41) is 2.78. The van der Waals surface area contributed by atoms with E-state index in [1.54, 1.807) is 30.0 Å². The minimum Gasteiger partial charge on any atom is -0.366 e. The van der Waals surface area contributed by atoms with Crippen molar-refractivity contribution in [2.45, 2.75) is 13.0 Å². The monoisotopic (exact) mass is 363 g/mol. The van der Waals surface area contributed by atoms with Crippen molar-refractivity contribution in [2.75, 3.05) is 31.1 Å². The highest BCUT2D eigenvalue weighted by Gasteiger charge is 2.24. The van der Waals surface area contributed by atoms with Crippen LogP contribution >= 0.6 is 0 Å². The third-order valence-corrected chi connectivity index (χ3v) is 4.54. The molecule has 1 aliphatic rings. The van der Waals surface area contributed by atoms with E-state index < -0.39 is 17.7 Å². The first-order valence-corrected chi connectivity index (χ1v) is 8.45. The van der Waals surface area contributed by atoms with E-state index in [9.17, 15) is 18.0 Å². The topological polar surface area (TPSA) is 35.6 Å². The number of carbonyl (C=O) groups is 1. The predicted octanol–water partition coefficient (Wildman–Crippen LogP) is 3.70. The van der Waals surface area contributed by atoms with Crippen LogP contribution in [0.15, 0.2) is 42.5 Å². The van der Waals surface area contributed by atoms with Crippen LogP contribution in [0.3, 0.4) is 0 Å². The van der Waals surface area contributed by atoms with Crippen LogP contribution in [-0.4, -0.2) is 37.1 Å². The van der Waals surface area contributed by atoms with E-state index in [4.69, 9.17) is 0 Å². The van der Waals surface area contributed by atoms with E-state index in [-0.39, 0.29) is 11.8 Å². The molecule has 4 nitrogen and oxygen atoms in total. The van der Waals surface area contributed by atoms with E-state index >= 15 is 0 Å². The van der Waals surface area contributed by atoms with E-state index in [1.807, 2.05) is 4.90 Å². The number of hydrogen-bond acceptors (Lipinski definition) is 2. The second kappa shape index (κ2) is 7.68. The molecule has 1 N–H and O–H groups in total. The lowest BCUT2D eigenvalue weighted by molar-refractivity contribution is 0.191. The number of hydrogen-bond donors (Lipinski definition) is 1. The van der Waals surface area contributed by atoms with Gasteiger partial charge in [-0.1, -0.05) is 18.2 Å². The van der Waals surface area contributed by atoms with Crippen LogP contribution in [0, 0.1) is 17.5 Å². The van der Waals surface area contributed by atoms with Gasteiger partial charge in [0, 0.05) is 26.2 Å². The van der Waals surface area contributed by atoms with E-state index in [1.165, 1.54) is 12.1 Å². The molecule has 1 fully saturated rings. The van der Waals surface area contributed by atoms with Crippen molar-refractivity contribution >= 4 is 11.7 Å². The summed E-state index contributed by atoms with van der Waals surface area (Å²) in [6, 6.07) is 9.38. The number of amides is 2. The summed E-state index contributed by atoms with van der Waals surface area (Å²) in [5.41, 5.74) is 1.02. The average molecular weight is 363 g/mol. The average Bonchev–Trinajstić information content (AvgIpc) is 2.64. The molecule has 138 valence electrons. The number of carbonyl (C=O) groups excluding carboxylic acids is 1. The number of piperazine rings is 1. The van der Waals surface area contributed by atoms with Crippen molar-refractivity contribution in [3.8, 4) is 0 Å². The van der Waals surface area contributed by atoms with Crippen molar-refractivity contribution in [3.05, 3.63) is 65.5 Å². The van der Waals surface area contributed by atoms with E-state index in [0.29, 0.717) is 37.4 Å². The fraction of sp³-hybridized carbons (Fsp3) is 0.316. The Morgan fingerprint density at radius 3 is 2.31 bits per heavy atom. The molecular weight excluding hydrogens is 343 g/mol. The zero-order valence-electron chi connectivity index (χ0n) is 14.4. The number of nitrogens with zero attached hydrogens (tertiary/aromatic N) is 2. The molecule has 7 heteroatoms. The molecule has 0 aromatic heterocycles. The summed E-state index contributed by atoms with van der Waals surface area (Å²) in [6.07, 6.45) is 0. The molecule has 3 rings (SSSR count). The van der Waals surface area contributed by atoms with Crippen LogP contribution in [0.25, 0.3) is 0 Å². The van der Waals surface area contributed by atoms with Gasteiger partial charge in [-0.25, -0.2) is 18.0 Å². The molecule has 2 amide bonds. The molecule has 2 aromatic rings. The Bertz CT molecular complexity index is 791. The molecule has 0 radical (unpaired) electrons. The molecular formula is C19H20F3N3O. The lowest BCUT2D eigenvalue weighted by Crippen LogP contribution is -2.52. The molecule has 1 heterocycles. The molecule has 0 bridgehead atoms. The third-order valence-electron chi connectivity index (χ3n) is 4.54. The minimum absolute atomic E-state index is 0.280. The zero-order chi connectivity index (χ0) is 18.7. The summed E-state index contributed by atoms with van der Waals surface area (Å²) < 4.78 is 40.2. The Balaban J connectivity index is 1.56. The molecule has 1 saturated heterocycles. The van der Waals surface area contributed by atoms with Gasteiger partial charge in [-0.3, -0.25) is 0 Å². The fourth-order valence-electron chi connectivity index (χ4n) is 3.00. The fourth-order valence-corrected chi connectivity index (χ4v) is 3.00. The first-order valence-electron chi connectivity index (χ1n) is 8.45. The molecule has 0 aliphatic carbocycles. The maximum Gasteiger partial charge on any atom is 0.317 e. The van der Waals surface area contributed by atoms with Gasteiger partial charge in [0.15, 0.2) is 11.6 Å². The van der Waals surface area contributed by atoms with Crippen LogP contribution in [0.4, 0.5) is 23.7 Å². The summed E-state index contributed by atoms with van der Waals surface area (Å²) in [6.45, 7) is 3.65. The van der Waals surface area contributed by atoms with Crippen LogP contribution in [-0.2, 0) is 0 Å². The Kier molecular flexibility index (Phi) is 5.35. The van der Waals surface area contributed by atoms with Gasteiger partial charge in [-0.05, 0) is 36.8 Å². The van der Waals surface area contributed by atoms with Gasteiger partial charge in [0.1, 0.15) is 5.82 Å². The summed E-state index contributed by atoms with van der Waals surface area (Å²) >= 11 is 0. The van der Waals surface area contributed by atoms with Crippen LogP contribution in [0.5, 0.6) is 0 Å². The zero-order valence-corrected chi connectivity index (χ0v) is 14.4. The molecule has 1 aliphatic heterocycles. The van der Waals surface area contributed by atoms with Gasteiger partial charge >= 0.3 is 6.03 Å². The molecule has 2 aromatic carbocycles. The van der Waals surface area contributed by atoms with Crippen LogP contribution < -0.4 is 10.2 Å². The van der Waals surface area contributed by atoms with Gasteiger partial charge in [0.25, 0.3) is 0 Å². The number of benzene rings is 2. The minimum atomic E-state index is -0.942. The highest BCUT2D eigenvalue weighted by Crippen LogP contribution is 2.21. The van der Waals surface area contributed by atoms with Crippen molar-refractivity contribution in [1.82, 2.24) is 10.2 Å². The second-order valence-electron chi connectivity index (χ2n) is 6.27. The maximum absolute atomic E-state index is 13.9. The Hall–Kier alpha value is -2.70. The maximum atomic E-state index is 13.9. The lowest BCUT2D eigenvalue weighted by Gasteiger charge is -2.36. The predicted molar refractivity (Wildman–Crippen MR) is 93.5 cm³/mol. The van der Waals surface area contributed by atoms with Crippen molar-refractivity contribution < 1.29 is 18.0 Å². The van der Waals surface area contributed by atoms with E-state index in [2.05, 4.69) is 5.32 Å². The quantitative estimate of drug-likeness (QED) is 0.903. The SMILES string of the molecule is C[C@@H](NC(=O)N1CCN(c2ccccc2F)CC1)c1ccc(F)c(F)c1. The van der Waals surface area contributed by atoms with Gasteiger partial charge < -0.3 is 15.1 Å². The summed E-state index contributed by atoms with van der Waals surface area (Å²) in [5.74, 6) is -2.14. The number of halogens is 3. The van der Waals surface area contributed by atoms with Crippen molar-refractivity contribution in [1.29, 1.82) is 0 Å². The number of rotatable bonds is 3. The standard InChI is InChI=1S/C19H20F3N3O/c1-13(14-6-7-15(20)17(22)12-14)23-19(26)25-10-8-24(9-11-25)18-5-3-2-4-16(18)21/h2-7,12-13H,8-11H2,1H3,(H,23,26)/t13-/m1/s1. The Labute approximate surface area is 150 Å². The van der Waals surface area contributed by atoms with Gasteiger partial charge in [-0.15, -0.1) is 0 Å². The first kappa shape index (κ1) is 18.1. The molecule has 26 heavy (non-hydrogen) atoms.